The van der Waals surface area contributed by atoms with E-state index in [4.69, 9.17) is 14.6 Å². The number of pyridine rings is 1. The van der Waals surface area contributed by atoms with Crippen molar-refractivity contribution in [3.63, 3.8) is 0 Å². The van der Waals surface area contributed by atoms with Gasteiger partial charge in [0.25, 0.3) is 0 Å². The molecule has 0 aliphatic carbocycles. The highest BCUT2D eigenvalue weighted by Gasteiger charge is 2.30. The van der Waals surface area contributed by atoms with Crippen molar-refractivity contribution in [3.05, 3.63) is 23.5 Å². The first-order chi connectivity index (χ1) is 8.08. The fraction of sp³-hybridized carbons (Fsp3) is 0.364. The molecule has 1 unspecified atom stereocenters. The van der Waals surface area contributed by atoms with Gasteiger partial charge >= 0.3 is 11.9 Å². The molecule has 6 heteroatoms. The highest BCUT2D eigenvalue weighted by atomic mass is 16.6. The average Bonchev–Trinajstić information content (AvgIpc) is 2.67. The topological polar surface area (TPSA) is 85.7 Å². The second kappa shape index (κ2) is 4.40. The first-order valence-electron chi connectivity index (χ1n) is 5.12. The number of hydrogen-bond acceptors (Lipinski definition) is 5. The Morgan fingerprint density at radius 2 is 2.35 bits per heavy atom. The first-order valence-corrected chi connectivity index (χ1v) is 5.12. The van der Waals surface area contributed by atoms with Crippen LogP contribution < -0.4 is 4.74 Å². The number of aromatic nitrogens is 1. The Labute approximate surface area is 97.2 Å². The van der Waals surface area contributed by atoms with Crippen LogP contribution in [-0.2, 0) is 9.53 Å². The Kier molecular flexibility index (Phi) is 2.95. The molecule has 1 atom stereocenters. The quantitative estimate of drug-likeness (QED) is 0.782. The average molecular weight is 237 g/mol. The maximum atomic E-state index is 11.2. The summed E-state index contributed by atoms with van der Waals surface area (Å²) in [5.41, 5.74) is 0.383. The van der Waals surface area contributed by atoms with Crippen LogP contribution in [-0.4, -0.2) is 34.7 Å². The van der Waals surface area contributed by atoms with Crippen LogP contribution >= 0.6 is 0 Å². The van der Waals surface area contributed by atoms with Gasteiger partial charge in [0.2, 0.25) is 0 Å². The van der Waals surface area contributed by atoms with Crippen molar-refractivity contribution < 1.29 is 24.2 Å². The molecular formula is C11H11NO5. The molecule has 0 amide bonds. The van der Waals surface area contributed by atoms with Crippen molar-refractivity contribution in [2.75, 3.05) is 6.61 Å². The molecule has 1 saturated heterocycles. The van der Waals surface area contributed by atoms with E-state index in [0.717, 1.165) is 0 Å². The Hall–Kier alpha value is -2.11. The zero-order valence-electron chi connectivity index (χ0n) is 9.17. The molecule has 1 fully saturated rings. The fourth-order valence-corrected chi connectivity index (χ4v) is 1.53. The number of carbonyl (C=O) groups excluding carboxylic acids is 1. The molecule has 1 aliphatic rings. The van der Waals surface area contributed by atoms with Crippen LogP contribution in [0.3, 0.4) is 0 Å². The molecule has 0 bridgehead atoms. The van der Waals surface area contributed by atoms with Crippen LogP contribution in [0.2, 0.25) is 0 Å². The number of rotatable bonds is 3. The summed E-state index contributed by atoms with van der Waals surface area (Å²) in [4.78, 5) is 26.0. The molecule has 1 aromatic heterocycles. The zero-order valence-corrected chi connectivity index (χ0v) is 9.17. The van der Waals surface area contributed by atoms with E-state index in [-0.39, 0.29) is 11.4 Å². The lowest BCUT2D eigenvalue weighted by Gasteiger charge is -2.11. The molecule has 0 aromatic carbocycles. The number of cyclic esters (lactones) is 1. The minimum atomic E-state index is -1.19. The molecule has 0 spiro atoms. The van der Waals surface area contributed by atoms with Gasteiger partial charge in [-0.15, -0.1) is 0 Å². The van der Waals surface area contributed by atoms with Gasteiger partial charge in [-0.05, 0) is 19.1 Å². The summed E-state index contributed by atoms with van der Waals surface area (Å²) in [7, 11) is 0. The van der Waals surface area contributed by atoms with Crippen LogP contribution in [0, 0.1) is 6.92 Å². The maximum Gasteiger partial charge on any atom is 0.358 e. The van der Waals surface area contributed by atoms with E-state index < -0.39 is 18.0 Å². The van der Waals surface area contributed by atoms with Crippen molar-refractivity contribution in [1.29, 1.82) is 0 Å². The summed E-state index contributed by atoms with van der Waals surface area (Å²) in [6.07, 6.45) is -0.316. The van der Waals surface area contributed by atoms with Crippen LogP contribution in [0.15, 0.2) is 12.1 Å². The molecular weight excluding hydrogens is 226 g/mol. The van der Waals surface area contributed by atoms with E-state index in [2.05, 4.69) is 4.98 Å². The molecule has 90 valence electrons. The number of aromatic carboxylic acids is 1. The summed E-state index contributed by atoms with van der Waals surface area (Å²) in [5, 5.41) is 8.97. The van der Waals surface area contributed by atoms with Crippen molar-refractivity contribution >= 4 is 11.9 Å². The minimum absolute atomic E-state index is 0.0898. The SMILES string of the molecule is Cc1ccc(OC2CCOC2=O)c(C(=O)O)n1. The van der Waals surface area contributed by atoms with Crippen molar-refractivity contribution in [2.24, 2.45) is 0 Å². The van der Waals surface area contributed by atoms with Crippen molar-refractivity contribution in [1.82, 2.24) is 4.98 Å². The van der Waals surface area contributed by atoms with E-state index in [9.17, 15) is 9.59 Å². The minimum Gasteiger partial charge on any atom is -0.476 e. The van der Waals surface area contributed by atoms with Crippen molar-refractivity contribution in [3.8, 4) is 5.75 Å². The number of carboxylic acids is 1. The van der Waals surface area contributed by atoms with E-state index in [1.807, 2.05) is 0 Å². The van der Waals surface area contributed by atoms with Crippen LogP contribution in [0.4, 0.5) is 0 Å². The number of aryl methyl sites for hydroxylation is 1. The molecule has 2 heterocycles. The second-order valence-corrected chi connectivity index (χ2v) is 3.67. The molecule has 0 saturated carbocycles. The summed E-state index contributed by atoms with van der Waals surface area (Å²) in [5.74, 6) is -1.57. The summed E-state index contributed by atoms with van der Waals surface area (Å²) in [6.45, 7) is 1.98. The lowest BCUT2D eigenvalue weighted by molar-refractivity contribution is -0.143. The number of hydrogen-bond donors (Lipinski definition) is 1. The highest BCUT2D eigenvalue weighted by Crippen LogP contribution is 2.21. The van der Waals surface area contributed by atoms with Gasteiger partial charge in [0.05, 0.1) is 6.61 Å². The van der Waals surface area contributed by atoms with Gasteiger partial charge in [0.15, 0.2) is 17.5 Å². The number of carbonyl (C=O) groups is 2. The van der Waals surface area contributed by atoms with Gasteiger partial charge in [-0.2, -0.15) is 0 Å². The van der Waals surface area contributed by atoms with Crippen molar-refractivity contribution in [2.45, 2.75) is 19.4 Å². The summed E-state index contributed by atoms with van der Waals surface area (Å²) < 4.78 is 10.0. The second-order valence-electron chi connectivity index (χ2n) is 3.67. The monoisotopic (exact) mass is 237 g/mol. The zero-order chi connectivity index (χ0) is 12.4. The number of esters is 1. The highest BCUT2D eigenvalue weighted by molar-refractivity contribution is 5.88. The Bertz CT molecular complexity index is 471. The van der Waals surface area contributed by atoms with E-state index >= 15 is 0 Å². The normalized spacial score (nSPS) is 18.9. The van der Waals surface area contributed by atoms with E-state index in [0.29, 0.717) is 18.7 Å². The molecule has 0 radical (unpaired) electrons. The molecule has 1 N–H and O–H groups in total. The van der Waals surface area contributed by atoms with Gasteiger partial charge in [-0.1, -0.05) is 0 Å². The van der Waals surface area contributed by atoms with Crippen LogP contribution in [0.1, 0.15) is 22.6 Å². The molecule has 17 heavy (non-hydrogen) atoms. The maximum absolute atomic E-state index is 11.2. The van der Waals surface area contributed by atoms with Gasteiger partial charge < -0.3 is 14.6 Å². The summed E-state index contributed by atoms with van der Waals surface area (Å²) in [6, 6.07) is 3.12. The van der Waals surface area contributed by atoms with E-state index in [1.165, 1.54) is 6.07 Å². The fourth-order valence-electron chi connectivity index (χ4n) is 1.53. The number of ether oxygens (including phenoxy) is 2. The third kappa shape index (κ3) is 2.35. The van der Waals surface area contributed by atoms with Gasteiger partial charge in [-0.3, -0.25) is 0 Å². The van der Waals surface area contributed by atoms with Crippen LogP contribution in [0.25, 0.3) is 0 Å². The van der Waals surface area contributed by atoms with Gasteiger partial charge in [0, 0.05) is 12.1 Å². The Balaban J connectivity index is 2.25. The predicted octanol–water partition coefficient (Wildman–Crippen LogP) is 0.783. The molecule has 1 aromatic rings. The number of carboxylic acid groups (broad SMARTS) is 1. The summed E-state index contributed by atoms with van der Waals surface area (Å²) >= 11 is 0. The molecule has 2 rings (SSSR count). The third-order valence-corrected chi connectivity index (χ3v) is 2.36. The largest absolute Gasteiger partial charge is 0.476 e. The molecule has 6 nitrogen and oxygen atoms in total. The number of nitrogens with zero attached hydrogens (tertiary/aromatic N) is 1. The first kappa shape index (κ1) is 11.4. The molecule has 1 aliphatic heterocycles. The third-order valence-electron chi connectivity index (χ3n) is 2.36. The standard InChI is InChI=1S/C11H11NO5/c1-6-2-3-7(9(12-6)10(13)14)17-8-4-5-16-11(8)15/h2-3,8H,4-5H2,1H3,(H,13,14). The van der Waals surface area contributed by atoms with E-state index in [1.54, 1.807) is 13.0 Å². The predicted molar refractivity (Wildman–Crippen MR) is 55.9 cm³/mol. The Morgan fingerprint density at radius 3 is 2.94 bits per heavy atom. The lowest BCUT2D eigenvalue weighted by atomic mass is 10.2. The van der Waals surface area contributed by atoms with Crippen LogP contribution in [0.5, 0.6) is 5.75 Å². The lowest BCUT2D eigenvalue weighted by Crippen LogP contribution is -2.23. The smallest absolute Gasteiger partial charge is 0.358 e. The Morgan fingerprint density at radius 1 is 1.59 bits per heavy atom. The van der Waals surface area contributed by atoms with Gasteiger partial charge in [0.1, 0.15) is 0 Å². The van der Waals surface area contributed by atoms with Gasteiger partial charge in [-0.25, -0.2) is 14.6 Å².